The fraction of sp³-hybridized carbons (Fsp3) is 1.00. The van der Waals surface area contributed by atoms with Crippen molar-refractivity contribution in [1.82, 2.24) is 0 Å². The normalized spacial score (nSPS) is 50.5. The lowest BCUT2D eigenvalue weighted by Gasteiger charge is -2.48. The Labute approximate surface area is 400 Å². The third kappa shape index (κ3) is 13.0. The molecule has 6 heterocycles. The molecule has 35 heteroatoms. The second kappa shape index (κ2) is 24.9. The lowest BCUT2D eigenvalue weighted by Crippen LogP contribution is -2.67. The number of phosphoric acid groups is 1. The molecule has 6 saturated heterocycles. The Kier molecular flexibility index (Phi) is 20.8. The smallest absolute Gasteiger partial charge is 0.394 e. The van der Waals surface area contributed by atoms with Gasteiger partial charge in [0.2, 0.25) is 0 Å². The van der Waals surface area contributed by atoms with Gasteiger partial charge >= 0.3 is 7.82 Å². The van der Waals surface area contributed by atoms with E-state index in [1.54, 1.807) is 0 Å². The molecular formula is C36H64NO33P. The summed E-state index contributed by atoms with van der Waals surface area (Å²) in [5.74, 6) is 0. The Morgan fingerprint density at radius 3 is 1.34 bits per heavy atom. The predicted octanol–water partition coefficient (Wildman–Crippen LogP) is -14.0. The molecular weight excluding hydrogens is 1010 g/mol. The Balaban J connectivity index is 1.15. The molecule has 34 nitrogen and oxygen atoms in total. The topological polar surface area (TPSA) is 558 Å². The van der Waals surface area contributed by atoms with Gasteiger partial charge in [0.15, 0.2) is 37.7 Å². The third-order valence-corrected chi connectivity index (χ3v) is 13.2. The number of hydrogen-bond donors (Lipinski definition) is 21. The highest BCUT2D eigenvalue weighted by atomic mass is 31.2. The number of nitrogens with two attached hydrogens (primary N) is 1. The van der Waals surface area contributed by atoms with E-state index in [9.17, 15) is 96.5 Å². The number of ether oxygens (including phenoxy) is 11. The molecule has 0 radical (unpaired) electrons. The van der Waals surface area contributed by atoms with E-state index in [1.165, 1.54) is 0 Å². The van der Waals surface area contributed by atoms with Crippen molar-refractivity contribution in [2.75, 3.05) is 39.6 Å². The van der Waals surface area contributed by atoms with E-state index in [0.29, 0.717) is 0 Å². The van der Waals surface area contributed by atoms with Gasteiger partial charge in [0, 0.05) is 0 Å². The molecule has 0 spiro atoms. The summed E-state index contributed by atoms with van der Waals surface area (Å²) in [7, 11) is -5.11. The van der Waals surface area contributed by atoms with Gasteiger partial charge in [0.25, 0.3) is 0 Å². The summed E-state index contributed by atoms with van der Waals surface area (Å²) in [5, 5.41) is 191. The quantitative estimate of drug-likeness (QED) is 0.0534. The van der Waals surface area contributed by atoms with E-state index in [0.717, 1.165) is 0 Å². The highest BCUT2D eigenvalue weighted by molar-refractivity contribution is 7.46. The maximum absolute atomic E-state index is 11.5. The van der Waals surface area contributed by atoms with E-state index < -0.39 is 232 Å². The Hall–Kier alpha value is -1.09. The molecule has 6 rings (SSSR count). The van der Waals surface area contributed by atoms with E-state index in [-0.39, 0.29) is 0 Å². The second-order valence-electron chi connectivity index (χ2n) is 17.5. The van der Waals surface area contributed by atoms with Crippen molar-refractivity contribution in [2.24, 2.45) is 5.73 Å². The summed E-state index contributed by atoms with van der Waals surface area (Å²) >= 11 is 0. The third-order valence-electron chi connectivity index (χ3n) is 12.7. The van der Waals surface area contributed by atoms with Gasteiger partial charge < -0.3 is 160 Å². The van der Waals surface area contributed by atoms with Crippen molar-refractivity contribution in [1.29, 1.82) is 0 Å². The number of hydrogen-bond acceptors (Lipinski definition) is 32. The van der Waals surface area contributed by atoms with Crippen LogP contribution in [-0.2, 0) is 61.2 Å². The van der Waals surface area contributed by atoms with Crippen molar-refractivity contribution in [3.8, 4) is 0 Å². The lowest BCUT2D eigenvalue weighted by atomic mass is 9.95. The average molecular weight is 1070 g/mol. The predicted molar refractivity (Wildman–Crippen MR) is 212 cm³/mol. The first-order valence-electron chi connectivity index (χ1n) is 22.0. The van der Waals surface area contributed by atoms with Crippen LogP contribution in [0.5, 0.6) is 0 Å². The molecule has 6 aliphatic rings. The molecule has 30 atom stereocenters. The van der Waals surface area contributed by atoms with Gasteiger partial charge in [-0.1, -0.05) is 0 Å². The fourth-order valence-electron chi connectivity index (χ4n) is 8.61. The average Bonchev–Trinajstić information content (AvgIpc) is 3.64. The van der Waals surface area contributed by atoms with Gasteiger partial charge in [-0.05, 0) is 0 Å². The molecule has 71 heavy (non-hydrogen) atoms. The Bertz CT molecular complexity index is 1690. The Morgan fingerprint density at radius 1 is 0.437 bits per heavy atom. The zero-order valence-corrected chi connectivity index (χ0v) is 37.7. The summed E-state index contributed by atoms with van der Waals surface area (Å²) in [6.07, 6.45) is -56.3. The van der Waals surface area contributed by atoms with Crippen LogP contribution in [0.3, 0.4) is 0 Å². The Morgan fingerprint density at radius 2 is 0.845 bits per heavy atom. The molecule has 0 aromatic rings. The number of rotatable bonds is 19. The molecule has 0 aromatic carbocycles. The first kappa shape index (κ1) is 59.2. The molecule has 0 aromatic heterocycles. The fourth-order valence-corrected chi connectivity index (χ4v) is 8.95. The van der Waals surface area contributed by atoms with Crippen LogP contribution in [0.25, 0.3) is 0 Å². The van der Waals surface area contributed by atoms with Gasteiger partial charge in [-0.3, -0.25) is 4.52 Å². The lowest BCUT2D eigenvalue weighted by molar-refractivity contribution is -0.380. The highest BCUT2D eigenvalue weighted by Gasteiger charge is 2.58. The van der Waals surface area contributed by atoms with Crippen LogP contribution in [0.2, 0.25) is 0 Å². The number of aliphatic hydroxyl groups excluding tert-OH is 18. The van der Waals surface area contributed by atoms with Crippen LogP contribution in [0, 0.1) is 0 Å². The van der Waals surface area contributed by atoms with Gasteiger partial charge in [0.05, 0.1) is 45.7 Å². The van der Waals surface area contributed by atoms with Crippen LogP contribution in [0.4, 0.5) is 0 Å². The number of aliphatic hydroxyl groups is 18. The first-order valence-corrected chi connectivity index (χ1v) is 23.5. The molecule has 0 bridgehead atoms. The van der Waals surface area contributed by atoms with E-state index in [2.05, 4.69) is 4.52 Å². The van der Waals surface area contributed by atoms with E-state index >= 15 is 0 Å². The minimum Gasteiger partial charge on any atom is -0.394 e. The SMILES string of the molecule is N[C@H]1C(O)O[C@H](CO)[C@@H](O[C@H]2O[C@H](CO)[C@@H](O)[C@H](O[C@H]3O[C@H](CO)[C@@H](O)[C@H](O[C@@H]4O[C@@H]([C@H](O)CO)[C@H](O[C@H]5O[C@H](CO[C@H]6O[C@H](COP(=O)(O)O)[C@H](O)[C@H](O)[C@H]6O)[C@H](O)[C@H](O)[C@H]5O)[C@H]4O)[C@@H]3O)[C@@H]2O)[C@@H]1O. The first-order chi connectivity index (χ1) is 33.4. The largest absolute Gasteiger partial charge is 0.469 e. The maximum atomic E-state index is 11.5. The minimum atomic E-state index is -5.11. The van der Waals surface area contributed by atoms with E-state index in [4.69, 9.17) is 67.6 Å². The highest BCUT2D eigenvalue weighted by Crippen LogP contribution is 2.39. The minimum absolute atomic E-state index is 0.850. The molecule has 0 saturated carbocycles. The summed E-state index contributed by atoms with van der Waals surface area (Å²) in [6.45, 7) is -5.85. The second-order valence-corrected chi connectivity index (χ2v) is 18.7. The molecule has 0 aliphatic carbocycles. The van der Waals surface area contributed by atoms with Crippen LogP contribution < -0.4 is 5.73 Å². The molecule has 1 unspecified atom stereocenters. The van der Waals surface area contributed by atoms with Crippen LogP contribution in [0.1, 0.15) is 0 Å². The summed E-state index contributed by atoms with van der Waals surface area (Å²) in [5.41, 5.74) is 5.76. The molecule has 6 fully saturated rings. The van der Waals surface area contributed by atoms with Gasteiger partial charge in [0.1, 0.15) is 140 Å². The standard InChI is InChI=1S/C36H64NO33P/c37-13-18(47)27(10(4-41)61-31(13)55)67-34-23(52)28(16(45)8(2-39)62-34)68-35-24(53)29(17(46)9(3-40)63-35)69-36-25(54)30(26(66-36)7(42)1-38)70-33-22(51)20(49)14(43)11(65-33)5-59-32-21(50)19(48)15(44)12(64-32)6-60-71(56,57)58/h7-36,38-55H,1-6,37H2,(H2,56,57,58)/t7-,8-,9-,10-,11-,12-,13-,14+,15+,16-,17-,18-,19+,20+,21-,22-,23+,24+,25-,26+,27-,28+,29+,30-,31?,32+,33-,34-,35-,36+/m1/s1. The van der Waals surface area contributed by atoms with Crippen LogP contribution >= 0.6 is 7.82 Å². The van der Waals surface area contributed by atoms with Crippen molar-refractivity contribution in [3.05, 3.63) is 0 Å². The van der Waals surface area contributed by atoms with Crippen molar-refractivity contribution >= 4 is 7.82 Å². The van der Waals surface area contributed by atoms with Crippen molar-refractivity contribution in [2.45, 2.75) is 184 Å². The zero-order chi connectivity index (χ0) is 52.5. The van der Waals surface area contributed by atoms with Gasteiger partial charge in [-0.15, -0.1) is 0 Å². The molecule has 416 valence electrons. The van der Waals surface area contributed by atoms with Gasteiger partial charge in [-0.25, -0.2) is 4.57 Å². The van der Waals surface area contributed by atoms with Crippen molar-refractivity contribution < 1.29 is 163 Å². The summed E-state index contributed by atoms with van der Waals surface area (Å²) in [4.78, 5) is 18.1. The molecule has 0 amide bonds. The molecule has 22 N–H and O–H groups in total. The zero-order valence-electron chi connectivity index (χ0n) is 36.8. The summed E-state index contributed by atoms with van der Waals surface area (Å²) in [6, 6.07) is -1.49. The van der Waals surface area contributed by atoms with Crippen molar-refractivity contribution in [3.63, 3.8) is 0 Å². The monoisotopic (exact) mass is 1070 g/mol. The van der Waals surface area contributed by atoms with E-state index in [1.807, 2.05) is 0 Å². The van der Waals surface area contributed by atoms with Gasteiger partial charge in [-0.2, -0.15) is 0 Å². The molecule has 6 aliphatic heterocycles. The maximum Gasteiger partial charge on any atom is 0.469 e. The van der Waals surface area contributed by atoms with Crippen LogP contribution in [0.15, 0.2) is 0 Å². The summed E-state index contributed by atoms with van der Waals surface area (Å²) < 4.78 is 76.4. The number of phosphoric ester groups is 1. The van der Waals surface area contributed by atoms with Crippen LogP contribution in [-0.4, -0.2) is 326 Å².